The Bertz CT molecular complexity index is 1590. The molecule has 0 N–H and O–H groups in total. The zero-order chi connectivity index (χ0) is 25.9. The molecule has 0 aliphatic rings. The summed E-state index contributed by atoms with van der Waals surface area (Å²) in [7, 11) is -7.81. The highest BCUT2D eigenvalue weighted by molar-refractivity contribution is 7.97. The number of sulfone groups is 2. The highest BCUT2D eigenvalue weighted by Gasteiger charge is 2.30. The molecule has 0 aromatic heterocycles. The highest BCUT2D eigenvalue weighted by atomic mass is 32.2. The Morgan fingerprint density at radius 3 is 0.946 bits per heavy atom. The summed E-state index contributed by atoms with van der Waals surface area (Å²) >= 11 is 0. The van der Waals surface area contributed by atoms with Crippen LogP contribution in [0.4, 0.5) is 0 Å². The summed E-state index contributed by atoms with van der Waals surface area (Å²) in [4.78, 5) is 3.85. The molecule has 0 saturated carbocycles. The van der Waals surface area contributed by atoms with Crippen LogP contribution in [0, 0.1) is 0 Å². The molecule has 7 heteroatoms. The van der Waals surface area contributed by atoms with Gasteiger partial charge in [0.05, 0.1) is 30.5 Å². The van der Waals surface area contributed by atoms with Crippen molar-refractivity contribution in [1.29, 1.82) is 0 Å². The maximum absolute atomic E-state index is 13.0. The van der Waals surface area contributed by atoms with E-state index in [4.69, 9.17) is 0 Å². The molecule has 0 unspecified atom stereocenters. The van der Waals surface area contributed by atoms with E-state index in [1.165, 1.54) is 0 Å². The van der Waals surface area contributed by atoms with Gasteiger partial charge in [-0.1, -0.05) is 54.6 Å². The average molecular weight is 544 g/mol. The van der Waals surface area contributed by atoms with E-state index in [1.807, 2.05) is 54.6 Å². The Kier molecular flexibility index (Phi) is 7.02. The van der Waals surface area contributed by atoms with E-state index in [9.17, 15) is 16.8 Å². The molecule has 5 aromatic carbocycles. The van der Waals surface area contributed by atoms with E-state index in [0.29, 0.717) is 0 Å². The summed E-state index contributed by atoms with van der Waals surface area (Å²) in [6.45, 7) is 0. The van der Waals surface area contributed by atoms with Gasteiger partial charge in [-0.25, -0.2) is 16.8 Å². The van der Waals surface area contributed by atoms with Crippen LogP contribution in [-0.4, -0.2) is 16.8 Å². The first-order valence-electron chi connectivity index (χ1n) is 11.5. The molecule has 184 valence electrons. The van der Waals surface area contributed by atoms with Crippen molar-refractivity contribution in [3.8, 4) is 0 Å². The lowest BCUT2D eigenvalue weighted by Crippen LogP contribution is -2.07. The van der Waals surface area contributed by atoms with Gasteiger partial charge in [0.25, 0.3) is 0 Å². The van der Waals surface area contributed by atoms with Crippen molar-refractivity contribution in [2.45, 2.75) is 34.3 Å². The van der Waals surface area contributed by atoms with Crippen LogP contribution in [-0.2, 0) is 30.6 Å². The second-order valence-corrected chi connectivity index (χ2v) is 14.1. The van der Waals surface area contributed by atoms with Gasteiger partial charge >= 0.3 is 0 Å². The number of rotatable bonds is 7. The molecule has 37 heavy (non-hydrogen) atoms. The molecular formula is C30H23O4S3+. The first-order valence-corrected chi connectivity index (χ1v) is 15.7. The van der Waals surface area contributed by atoms with Crippen LogP contribution >= 0.6 is 0 Å². The molecular weight excluding hydrogens is 521 g/mol. The molecule has 0 saturated heterocycles. The van der Waals surface area contributed by atoms with Gasteiger partial charge in [0.15, 0.2) is 14.7 Å². The third-order valence-corrected chi connectivity index (χ3v) is 11.6. The first-order chi connectivity index (χ1) is 17.9. The molecule has 0 radical (unpaired) electrons. The predicted octanol–water partition coefficient (Wildman–Crippen LogP) is 6.45. The summed E-state index contributed by atoms with van der Waals surface area (Å²) in [6.07, 6.45) is 0. The number of hydrogen-bond acceptors (Lipinski definition) is 4. The first kappa shape index (κ1) is 25.0. The van der Waals surface area contributed by atoms with E-state index >= 15 is 0 Å². The van der Waals surface area contributed by atoms with Crippen LogP contribution in [0.15, 0.2) is 174 Å². The minimum atomic E-state index is -3.62. The van der Waals surface area contributed by atoms with Gasteiger partial charge in [-0.2, -0.15) is 0 Å². The summed E-state index contributed by atoms with van der Waals surface area (Å²) in [5.74, 6) is 0. The second-order valence-electron chi connectivity index (χ2n) is 8.20. The van der Waals surface area contributed by atoms with Gasteiger partial charge < -0.3 is 0 Å². The smallest absolute Gasteiger partial charge is 0.206 e. The van der Waals surface area contributed by atoms with Crippen molar-refractivity contribution >= 4 is 30.6 Å². The molecule has 0 aliphatic heterocycles. The fourth-order valence-corrected chi connectivity index (χ4v) is 8.57. The lowest BCUT2D eigenvalue weighted by atomic mass is 10.3. The van der Waals surface area contributed by atoms with E-state index in [1.54, 1.807) is 84.9 Å². The molecule has 5 rings (SSSR count). The maximum atomic E-state index is 13.0. The van der Waals surface area contributed by atoms with E-state index in [0.717, 1.165) is 14.7 Å². The van der Waals surface area contributed by atoms with Crippen LogP contribution in [0.5, 0.6) is 0 Å². The Balaban J connectivity index is 1.53. The quantitative estimate of drug-likeness (QED) is 0.221. The van der Waals surface area contributed by atoms with Crippen molar-refractivity contribution in [2.75, 3.05) is 0 Å². The van der Waals surface area contributed by atoms with Gasteiger partial charge in [0, 0.05) is 0 Å². The summed E-state index contributed by atoms with van der Waals surface area (Å²) in [5, 5.41) is 0. The monoisotopic (exact) mass is 543 g/mol. The molecule has 0 aliphatic carbocycles. The summed E-state index contributed by atoms with van der Waals surface area (Å²) in [5.41, 5.74) is 0. The van der Waals surface area contributed by atoms with Crippen LogP contribution in [0.25, 0.3) is 0 Å². The molecule has 4 nitrogen and oxygen atoms in total. The number of benzene rings is 5. The minimum Gasteiger partial charge on any atom is -0.219 e. The van der Waals surface area contributed by atoms with Crippen molar-refractivity contribution in [3.63, 3.8) is 0 Å². The summed E-state index contributed by atoms with van der Waals surface area (Å²) in [6, 6.07) is 40.5. The standard InChI is InChI=1S/C30H23O4S3/c31-36(32,27-12-6-2-7-13-27)29-20-16-25(17-21-29)35(24-10-4-1-5-11-24)26-18-22-30(23-19-26)37(33,34)28-14-8-3-9-15-28/h1-23H/q+1. The maximum Gasteiger partial charge on any atom is 0.206 e. The van der Waals surface area contributed by atoms with Gasteiger partial charge in [-0.3, -0.25) is 0 Å². The molecule has 0 spiro atoms. The largest absolute Gasteiger partial charge is 0.219 e. The fourth-order valence-electron chi connectivity index (χ4n) is 3.95. The Morgan fingerprint density at radius 1 is 0.324 bits per heavy atom. The van der Waals surface area contributed by atoms with Crippen LogP contribution in [0.2, 0.25) is 0 Å². The zero-order valence-corrected chi connectivity index (χ0v) is 22.1. The van der Waals surface area contributed by atoms with Crippen molar-refractivity contribution < 1.29 is 16.8 Å². The molecule has 0 heterocycles. The van der Waals surface area contributed by atoms with Crippen molar-refractivity contribution in [3.05, 3.63) is 140 Å². The fraction of sp³-hybridized carbons (Fsp3) is 0. The van der Waals surface area contributed by atoms with E-state index < -0.39 is 30.6 Å². The van der Waals surface area contributed by atoms with Crippen LogP contribution < -0.4 is 0 Å². The molecule has 5 aromatic rings. The third kappa shape index (κ3) is 5.11. The third-order valence-electron chi connectivity index (χ3n) is 5.83. The van der Waals surface area contributed by atoms with Gasteiger partial charge in [-0.05, 0) is 84.9 Å². The lowest BCUT2D eigenvalue weighted by Gasteiger charge is -2.10. The minimum absolute atomic E-state index is 0.225. The van der Waals surface area contributed by atoms with Gasteiger partial charge in [0.2, 0.25) is 19.7 Å². The molecule has 0 amide bonds. The zero-order valence-electron chi connectivity index (χ0n) is 19.6. The molecule has 0 bridgehead atoms. The van der Waals surface area contributed by atoms with Gasteiger partial charge in [-0.15, -0.1) is 0 Å². The van der Waals surface area contributed by atoms with Gasteiger partial charge in [0.1, 0.15) is 0 Å². The Labute approximate surface area is 220 Å². The van der Waals surface area contributed by atoms with Crippen LogP contribution in [0.1, 0.15) is 0 Å². The SMILES string of the molecule is O=S(=O)(c1ccccc1)c1ccc([S+](c2ccccc2)c2ccc(S(=O)(=O)c3ccccc3)cc2)cc1. The number of hydrogen-bond donors (Lipinski definition) is 0. The lowest BCUT2D eigenvalue weighted by molar-refractivity contribution is 0.594. The summed E-state index contributed by atoms with van der Waals surface area (Å²) < 4.78 is 52.2. The van der Waals surface area contributed by atoms with E-state index in [2.05, 4.69) is 0 Å². The van der Waals surface area contributed by atoms with Crippen molar-refractivity contribution in [1.82, 2.24) is 0 Å². The normalized spacial score (nSPS) is 11.9. The van der Waals surface area contributed by atoms with E-state index in [-0.39, 0.29) is 19.6 Å². The Morgan fingerprint density at radius 2 is 0.595 bits per heavy atom. The predicted molar refractivity (Wildman–Crippen MR) is 145 cm³/mol. The topological polar surface area (TPSA) is 68.3 Å². The van der Waals surface area contributed by atoms with Crippen LogP contribution in [0.3, 0.4) is 0 Å². The molecule has 0 fully saturated rings. The highest BCUT2D eigenvalue weighted by Crippen LogP contribution is 2.33. The van der Waals surface area contributed by atoms with Crippen molar-refractivity contribution in [2.24, 2.45) is 0 Å². The Hall–Kier alpha value is -3.65. The molecule has 0 atom stereocenters. The second kappa shape index (κ2) is 10.4. The average Bonchev–Trinajstić information content (AvgIpc) is 2.95.